The lowest BCUT2D eigenvalue weighted by molar-refractivity contribution is 0.523. The number of guanidine groups is 1. The number of sulfonamides is 1. The van der Waals surface area contributed by atoms with E-state index in [-0.39, 0.29) is 24.0 Å². The smallest absolute Gasteiger partial charge is 0.252 e. The van der Waals surface area contributed by atoms with Crippen molar-refractivity contribution >= 4 is 51.3 Å². The van der Waals surface area contributed by atoms with Crippen LogP contribution in [0.1, 0.15) is 29.9 Å². The van der Waals surface area contributed by atoms with Gasteiger partial charge in [0.1, 0.15) is 4.21 Å². The Bertz CT molecular complexity index is 880. The van der Waals surface area contributed by atoms with Gasteiger partial charge in [0.15, 0.2) is 5.96 Å². The lowest BCUT2D eigenvalue weighted by atomic mass is 10.1. The van der Waals surface area contributed by atoms with E-state index < -0.39 is 10.0 Å². The third-order valence-corrected chi connectivity index (χ3v) is 7.42. The molecule has 0 fully saturated rings. The summed E-state index contributed by atoms with van der Waals surface area (Å²) in [5, 5.41) is 6.51. The predicted molar refractivity (Wildman–Crippen MR) is 128 cm³/mol. The summed E-state index contributed by atoms with van der Waals surface area (Å²) < 4.78 is 26.0. The van der Waals surface area contributed by atoms with Gasteiger partial charge >= 0.3 is 0 Å². The Kier molecular flexibility index (Phi) is 10.4. The summed E-state index contributed by atoms with van der Waals surface area (Å²) in [7, 11) is -0.303. The van der Waals surface area contributed by atoms with E-state index in [4.69, 9.17) is 0 Å². The number of hydrogen-bond donors (Lipinski definition) is 2. The molecule has 1 heterocycles. The first kappa shape index (κ1) is 24.9. The van der Waals surface area contributed by atoms with Gasteiger partial charge in [0.2, 0.25) is 0 Å². The number of hydrogen-bond acceptors (Lipinski definition) is 4. The van der Waals surface area contributed by atoms with Gasteiger partial charge in [0.25, 0.3) is 10.0 Å². The first-order valence-corrected chi connectivity index (χ1v) is 11.2. The van der Waals surface area contributed by atoms with Crippen LogP contribution in [0, 0.1) is 0 Å². The van der Waals surface area contributed by atoms with Gasteiger partial charge in [-0.2, -0.15) is 0 Å². The Morgan fingerprint density at radius 2 is 1.75 bits per heavy atom. The van der Waals surface area contributed by atoms with Crippen LogP contribution in [-0.4, -0.2) is 39.3 Å². The van der Waals surface area contributed by atoms with Gasteiger partial charge < -0.3 is 10.6 Å². The first-order valence-electron chi connectivity index (χ1n) is 8.98. The molecular formula is C19H29IN4O2S2. The summed E-state index contributed by atoms with van der Waals surface area (Å²) in [5.41, 5.74) is 2.52. The fraction of sp³-hybridized carbons (Fsp3) is 0.421. The molecule has 1 aromatic carbocycles. The highest BCUT2D eigenvalue weighted by atomic mass is 127. The highest BCUT2D eigenvalue weighted by Gasteiger charge is 2.19. The maximum absolute atomic E-state index is 12.2. The lowest BCUT2D eigenvalue weighted by Crippen LogP contribution is -2.36. The second kappa shape index (κ2) is 11.7. The zero-order chi connectivity index (χ0) is 19.9. The molecule has 2 rings (SSSR count). The number of benzene rings is 1. The SMILES string of the molecule is CCNC(=NCc1ccccc1CC)NCc1ccc(S(=O)(=O)N(C)C)s1.I. The molecule has 2 aromatic rings. The molecule has 0 atom stereocenters. The highest BCUT2D eigenvalue weighted by molar-refractivity contribution is 14.0. The van der Waals surface area contributed by atoms with E-state index in [1.807, 2.05) is 25.1 Å². The molecule has 6 nitrogen and oxygen atoms in total. The maximum Gasteiger partial charge on any atom is 0.252 e. The van der Waals surface area contributed by atoms with Crippen molar-refractivity contribution in [3.63, 3.8) is 0 Å². The molecule has 28 heavy (non-hydrogen) atoms. The van der Waals surface area contributed by atoms with Crippen molar-refractivity contribution in [2.75, 3.05) is 20.6 Å². The number of aliphatic imine (C=N–C) groups is 1. The fourth-order valence-corrected chi connectivity index (χ4v) is 4.97. The van der Waals surface area contributed by atoms with Crippen molar-refractivity contribution in [1.29, 1.82) is 0 Å². The van der Waals surface area contributed by atoms with Crippen molar-refractivity contribution in [2.24, 2.45) is 4.99 Å². The van der Waals surface area contributed by atoms with Crippen LogP contribution in [0.15, 0.2) is 45.6 Å². The van der Waals surface area contributed by atoms with Gasteiger partial charge in [0, 0.05) is 25.5 Å². The molecule has 0 saturated carbocycles. The van der Waals surface area contributed by atoms with Crippen LogP contribution in [0.5, 0.6) is 0 Å². The van der Waals surface area contributed by atoms with Crippen molar-refractivity contribution in [1.82, 2.24) is 14.9 Å². The van der Waals surface area contributed by atoms with Crippen molar-refractivity contribution in [3.05, 3.63) is 52.4 Å². The topological polar surface area (TPSA) is 73.8 Å². The monoisotopic (exact) mass is 536 g/mol. The number of thiophene rings is 1. The third kappa shape index (κ3) is 6.71. The Hall–Kier alpha value is -1.17. The average molecular weight is 537 g/mol. The quantitative estimate of drug-likeness (QED) is 0.308. The summed E-state index contributed by atoms with van der Waals surface area (Å²) in [6, 6.07) is 11.8. The molecule has 0 aliphatic carbocycles. The number of nitrogens with zero attached hydrogens (tertiary/aromatic N) is 2. The van der Waals surface area contributed by atoms with E-state index in [9.17, 15) is 8.42 Å². The number of halogens is 1. The molecule has 2 N–H and O–H groups in total. The average Bonchev–Trinajstić information content (AvgIpc) is 3.14. The standard InChI is InChI=1S/C19H28N4O2S2.HI/c1-5-15-9-7-8-10-16(15)13-21-19(20-6-2)22-14-17-11-12-18(26-17)27(24,25)23(3)4;/h7-12H,5-6,13-14H2,1-4H3,(H2,20,21,22);1H. The fourth-order valence-electron chi connectivity index (χ4n) is 2.51. The van der Waals surface area contributed by atoms with Gasteiger partial charge in [-0.3, -0.25) is 0 Å². The van der Waals surface area contributed by atoms with Crippen LogP contribution in [0.2, 0.25) is 0 Å². The second-order valence-electron chi connectivity index (χ2n) is 6.18. The minimum atomic E-state index is -3.38. The molecule has 0 aliphatic rings. The van der Waals surface area contributed by atoms with Gasteiger partial charge in [-0.05, 0) is 36.6 Å². The molecule has 0 saturated heterocycles. The number of nitrogens with one attached hydrogen (secondary N) is 2. The highest BCUT2D eigenvalue weighted by Crippen LogP contribution is 2.23. The van der Waals surface area contributed by atoms with E-state index in [1.54, 1.807) is 6.07 Å². The van der Waals surface area contributed by atoms with Crippen LogP contribution < -0.4 is 10.6 Å². The molecule has 1 aromatic heterocycles. The molecule has 0 bridgehead atoms. The molecule has 0 radical (unpaired) electrons. The minimum Gasteiger partial charge on any atom is -0.357 e. The van der Waals surface area contributed by atoms with E-state index in [0.29, 0.717) is 23.3 Å². The molecule has 156 valence electrons. The molecule has 0 amide bonds. The summed E-state index contributed by atoms with van der Waals surface area (Å²) >= 11 is 1.27. The van der Waals surface area contributed by atoms with E-state index in [2.05, 4.69) is 34.7 Å². The summed E-state index contributed by atoms with van der Waals surface area (Å²) in [5.74, 6) is 0.717. The minimum absolute atomic E-state index is 0. The van der Waals surface area contributed by atoms with Crippen LogP contribution in [0.3, 0.4) is 0 Å². The van der Waals surface area contributed by atoms with Gasteiger partial charge in [-0.15, -0.1) is 35.3 Å². The Balaban J connectivity index is 0.00000392. The van der Waals surface area contributed by atoms with Gasteiger partial charge in [-0.1, -0.05) is 31.2 Å². The van der Waals surface area contributed by atoms with E-state index in [0.717, 1.165) is 17.8 Å². The van der Waals surface area contributed by atoms with Crippen LogP contribution >= 0.6 is 35.3 Å². The number of rotatable bonds is 8. The molecule has 0 unspecified atom stereocenters. The third-order valence-electron chi connectivity index (χ3n) is 4.05. The second-order valence-corrected chi connectivity index (χ2v) is 9.73. The molecule has 0 aliphatic heterocycles. The zero-order valence-electron chi connectivity index (χ0n) is 16.7. The van der Waals surface area contributed by atoms with E-state index in [1.165, 1.54) is 40.9 Å². The largest absolute Gasteiger partial charge is 0.357 e. The summed E-state index contributed by atoms with van der Waals surface area (Å²) in [6.45, 7) is 6.04. The van der Waals surface area contributed by atoms with Gasteiger partial charge in [0.05, 0.1) is 13.1 Å². The van der Waals surface area contributed by atoms with Gasteiger partial charge in [-0.25, -0.2) is 17.7 Å². The van der Waals surface area contributed by atoms with Crippen LogP contribution in [-0.2, 0) is 29.5 Å². The lowest BCUT2D eigenvalue weighted by Gasteiger charge is -2.11. The van der Waals surface area contributed by atoms with Crippen LogP contribution in [0.4, 0.5) is 0 Å². The number of aryl methyl sites for hydroxylation is 1. The van der Waals surface area contributed by atoms with E-state index >= 15 is 0 Å². The molecule has 9 heteroatoms. The maximum atomic E-state index is 12.2. The van der Waals surface area contributed by atoms with Crippen molar-refractivity contribution < 1.29 is 8.42 Å². The predicted octanol–water partition coefficient (Wildman–Crippen LogP) is 3.43. The molecule has 0 spiro atoms. The van der Waals surface area contributed by atoms with Crippen molar-refractivity contribution in [3.8, 4) is 0 Å². The zero-order valence-corrected chi connectivity index (χ0v) is 20.7. The normalized spacial score (nSPS) is 12.0. The Morgan fingerprint density at radius 3 is 2.36 bits per heavy atom. The summed E-state index contributed by atoms with van der Waals surface area (Å²) in [6.07, 6.45) is 0.980. The Labute approximate surface area is 189 Å². The summed E-state index contributed by atoms with van der Waals surface area (Å²) in [4.78, 5) is 5.60. The Morgan fingerprint density at radius 1 is 1.07 bits per heavy atom. The molecular weight excluding hydrogens is 507 g/mol. The van der Waals surface area contributed by atoms with Crippen LogP contribution in [0.25, 0.3) is 0 Å². The first-order chi connectivity index (χ1) is 12.9. The van der Waals surface area contributed by atoms with Crippen molar-refractivity contribution in [2.45, 2.75) is 37.6 Å².